The SMILES string of the molecule is CCN(c1cccc(C)c1)c1ccc(Br)c(C)n1. The molecule has 0 saturated heterocycles. The van der Waals surface area contributed by atoms with E-state index in [4.69, 9.17) is 0 Å². The summed E-state index contributed by atoms with van der Waals surface area (Å²) in [6, 6.07) is 12.6. The first-order valence-electron chi connectivity index (χ1n) is 6.09. The van der Waals surface area contributed by atoms with Gasteiger partial charge in [-0.2, -0.15) is 0 Å². The van der Waals surface area contributed by atoms with E-state index in [-0.39, 0.29) is 0 Å². The molecule has 0 aliphatic heterocycles. The molecule has 2 aromatic rings. The molecule has 0 aliphatic rings. The molecule has 0 unspecified atom stereocenters. The Morgan fingerprint density at radius 3 is 2.56 bits per heavy atom. The molecule has 0 spiro atoms. The molecule has 2 nitrogen and oxygen atoms in total. The van der Waals surface area contributed by atoms with Gasteiger partial charge >= 0.3 is 0 Å². The van der Waals surface area contributed by atoms with Crippen LogP contribution in [0.4, 0.5) is 11.5 Å². The zero-order chi connectivity index (χ0) is 13.1. The maximum Gasteiger partial charge on any atom is 0.133 e. The summed E-state index contributed by atoms with van der Waals surface area (Å²) >= 11 is 3.49. The molecule has 0 aliphatic carbocycles. The molecule has 0 fully saturated rings. The minimum absolute atomic E-state index is 0.900. The van der Waals surface area contributed by atoms with Gasteiger partial charge in [-0.25, -0.2) is 4.98 Å². The quantitative estimate of drug-likeness (QED) is 0.822. The van der Waals surface area contributed by atoms with Gasteiger partial charge in [0.15, 0.2) is 0 Å². The van der Waals surface area contributed by atoms with Crippen LogP contribution in [0.15, 0.2) is 40.9 Å². The van der Waals surface area contributed by atoms with Crippen LogP contribution < -0.4 is 4.90 Å². The summed E-state index contributed by atoms with van der Waals surface area (Å²) in [5.74, 6) is 0.990. The van der Waals surface area contributed by atoms with E-state index in [2.05, 4.69) is 70.0 Å². The second-order valence-corrected chi connectivity index (χ2v) is 5.17. The summed E-state index contributed by atoms with van der Waals surface area (Å²) in [5.41, 5.74) is 3.46. The number of nitrogens with zero attached hydrogens (tertiary/aromatic N) is 2. The van der Waals surface area contributed by atoms with E-state index in [0.717, 1.165) is 22.5 Å². The highest BCUT2D eigenvalue weighted by atomic mass is 79.9. The van der Waals surface area contributed by atoms with E-state index in [1.165, 1.54) is 11.3 Å². The maximum atomic E-state index is 4.63. The van der Waals surface area contributed by atoms with Gasteiger partial charge in [0.05, 0.1) is 5.69 Å². The third-order valence-electron chi connectivity index (χ3n) is 2.91. The van der Waals surface area contributed by atoms with Crippen LogP contribution in [-0.2, 0) is 0 Å². The van der Waals surface area contributed by atoms with Crippen molar-refractivity contribution in [1.82, 2.24) is 4.98 Å². The Morgan fingerprint density at radius 1 is 1.17 bits per heavy atom. The zero-order valence-electron chi connectivity index (χ0n) is 10.9. The van der Waals surface area contributed by atoms with Crippen molar-refractivity contribution in [1.29, 1.82) is 0 Å². The van der Waals surface area contributed by atoms with E-state index in [1.54, 1.807) is 0 Å². The second kappa shape index (κ2) is 5.53. The average Bonchev–Trinajstić information content (AvgIpc) is 2.35. The summed E-state index contributed by atoms with van der Waals surface area (Å²) in [5, 5.41) is 0. The van der Waals surface area contributed by atoms with E-state index < -0.39 is 0 Å². The largest absolute Gasteiger partial charge is 0.327 e. The number of halogens is 1. The average molecular weight is 305 g/mol. The fraction of sp³-hybridized carbons (Fsp3) is 0.267. The van der Waals surface area contributed by atoms with Gasteiger partial charge in [0, 0.05) is 16.7 Å². The van der Waals surface area contributed by atoms with Crippen LogP contribution in [0.25, 0.3) is 0 Å². The molecule has 94 valence electrons. The van der Waals surface area contributed by atoms with Crippen molar-refractivity contribution in [2.45, 2.75) is 20.8 Å². The Balaban J connectivity index is 2.42. The minimum atomic E-state index is 0.900. The van der Waals surface area contributed by atoms with Crippen LogP contribution in [0.1, 0.15) is 18.2 Å². The van der Waals surface area contributed by atoms with Crippen LogP contribution in [0.3, 0.4) is 0 Å². The monoisotopic (exact) mass is 304 g/mol. The minimum Gasteiger partial charge on any atom is -0.327 e. The van der Waals surface area contributed by atoms with Crippen molar-refractivity contribution in [3.05, 3.63) is 52.1 Å². The van der Waals surface area contributed by atoms with Crippen molar-refractivity contribution in [2.24, 2.45) is 0 Å². The summed E-state index contributed by atoms with van der Waals surface area (Å²) in [4.78, 5) is 6.84. The van der Waals surface area contributed by atoms with E-state index in [1.807, 2.05) is 13.0 Å². The Morgan fingerprint density at radius 2 is 1.94 bits per heavy atom. The summed E-state index contributed by atoms with van der Waals surface area (Å²) in [6.07, 6.45) is 0. The van der Waals surface area contributed by atoms with Crippen molar-refractivity contribution < 1.29 is 0 Å². The number of hydrogen-bond donors (Lipinski definition) is 0. The molecule has 0 amide bonds. The van der Waals surface area contributed by atoms with Crippen molar-refractivity contribution in [3.63, 3.8) is 0 Å². The molecule has 18 heavy (non-hydrogen) atoms. The standard InChI is InChI=1S/C15H17BrN2/c1-4-18(13-7-5-6-11(2)10-13)15-9-8-14(16)12(3)17-15/h5-10H,4H2,1-3H3. The van der Waals surface area contributed by atoms with E-state index in [0.29, 0.717) is 0 Å². The number of benzene rings is 1. The predicted octanol–water partition coefficient (Wildman–Crippen LogP) is 4.62. The molecular weight excluding hydrogens is 288 g/mol. The van der Waals surface area contributed by atoms with Crippen molar-refractivity contribution in [2.75, 3.05) is 11.4 Å². The van der Waals surface area contributed by atoms with Gasteiger partial charge in [0.25, 0.3) is 0 Å². The Labute approximate surface area is 117 Å². The Hall–Kier alpha value is -1.35. The summed E-state index contributed by atoms with van der Waals surface area (Å²) in [6.45, 7) is 7.16. The first-order valence-corrected chi connectivity index (χ1v) is 6.88. The number of aryl methyl sites for hydroxylation is 2. The fourth-order valence-electron chi connectivity index (χ4n) is 1.95. The molecule has 1 aromatic heterocycles. The molecule has 0 saturated carbocycles. The topological polar surface area (TPSA) is 16.1 Å². The highest BCUT2D eigenvalue weighted by molar-refractivity contribution is 9.10. The number of anilines is 2. The molecule has 0 atom stereocenters. The van der Waals surface area contributed by atoms with E-state index in [9.17, 15) is 0 Å². The summed E-state index contributed by atoms with van der Waals surface area (Å²) in [7, 11) is 0. The highest BCUT2D eigenvalue weighted by Gasteiger charge is 2.09. The number of hydrogen-bond acceptors (Lipinski definition) is 2. The second-order valence-electron chi connectivity index (χ2n) is 4.32. The molecular formula is C15H17BrN2. The molecule has 3 heteroatoms. The highest BCUT2D eigenvalue weighted by Crippen LogP contribution is 2.26. The Bertz CT molecular complexity index is 552. The van der Waals surface area contributed by atoms with Crippen molar-refractivity contribution in [3.8, 4) is 0 Å². The van der Waals surface area contributed by atoms with Crippen LogP contribution in [-0.4, -0.2) is 11.5 Å². The molecule has 0 radical (unpaired) electrons. The lowest BCUT2D eigenvalue weighted by Crippen LogP contribution is -2.17. The van der Waals surface area contributed by atoms with Crippen LogP contribution >= 0.6 is 15.9 Å². The lowest BCUT2D eigenvalue weighted by Gasteiger charge is -2.23. The van der Waals surface area contributed by atoms with Gasteiger partial charge in [-0.05, 0) is 66.5 Å². The molecule has 1 aromatic carbocycles. The van der Waals surface area contributed by atoms with Gasteiger partial charge in [0.2, 0.25) is 0 Å². The first-order chi connectivity index (χ1) is 8.61. The molecule has 2 rings (SSSR count). The smallest absolute Gasteiger partial charge is 0.133 e. The zero-order valence-corrected chi connectivity index (χ0v) is 12.5. The Kier molecular flexibility index (Phi) is 4.02. The number of rotatable bonds is 3. The van der Waals surface area contributed by atoms with Gasteiger partial charge in [0.1, 0.15) is 5.82 Å². The molecule has 0 bridgehead atoms. The summed E-state index contributed by atoms with van der Waals surface area (Å²) < 4.78 is 1.05. The van der Waals surface area contributed by atoms with Crippen LogP contribution in [0.5, 0.6) is 0 Å². The third-order valence-corrected chi connectivity index (χ3v) is 3.75. The number of pyridine rings is 1. The lowest BCUT2D eigenvalue weighted by molar-refractivity contribution is 0.975. The van der Waals surface area contributed by atoms with Crippen LogP contribution in [0.2, 0.25) is 0 Å². The third kappa shape index (κ3) is 2.72. The molecule has 0 N–H and O–H groups in total. The van der Waals surface area contributed by atoms with Crippen LogP contribution in [0, 0.1) is 13.8 Å². The first kappa shape index (κ1) is 13.1. The van der Waals surface area contributed by atoms with Gasteiger partial charge in [-0.3, -0.25) is 0 Å². The normalized spacial score (nSPS) is 10.4. The number of aromatic nitrogens is 1. The lowest BCUT2D eigenvalue weighted by atomic mass is 10.2. The van der Waals surface area contributed by atoms with Gasteiger partial charge < -0.3 is 4.90 Å². The van der Waals surface area contributed by atoms with Gasteiger partial charge in [-0.1, -0.05) is 12.1 Å². The molecule has 1 heterocycles. The van der Waals surface area contributed by atoms with Crippen molar-refractivity contribution >= 4 is 27.4 Å². The van der Waals surface area contributed by atoms with Gasteiger partial charge in [-0.15, -0.1) is 0 Å². The van der Waals surface area contributed by atoms with E-state index >= 15 is 0 Å². The predicted molar refractivity (Wildman–Crippen MR) is 80.5 cm³/mol. The maximum absolute atomic E-state index is 4.63. The fourth-order valence-corrected chi connectivity index (χ4v) is 2.17.